The van der Waals surface area contributed by atoms with Crippen LogP contribution < -0.4 is 5.32 Å². The normalized spacial score (nSPS) is 25.8. The molecule has 1 N–H and O–H groups in total. The molecule has 0 bridgehead atoms. The molecular weight excluding hydrogens is 224 g/mol. The van der Waals surface area contributed by atoms with Gasteiger partial charge in [-0.15, -0.1) is 0 Å². The first-order chi connectivity index (χ1) is 8.66. The molecule has 0 radical (unpaired) electrons. The van der Waals surface area contributed by atoms with Crippen molar-refractivity contribution in [2.24, 2.45) is 11.8 Å². The molecule has 1 heterocycles. The number of aromatic nitrogens is 3. The van der Waals surface area contributed by atoms with Crippen LogP contribution in [0.5, 0.6) is 0 Å². The SMILES string of the molecule is CC1=CCC[C@H](C)[C@H]1CN[C@H](C)Cn1cncn1. The average molecular weight is 248 g/mol. The van der Waals surface area contributed by atoms with Gasteiger partial charge in [-0.25, -0.2) is 4.98 Å². The summed E-state index contributed by atoms with van der Waals surface area (Å²) in [5.74, 6) is 1.48. The predicted molar refractivity (Wildman–Crippen MR) is 73.1 cm³/mol. The topological polar surface area (TPSA) is 42.7 Å². The first-order valence-electron chi connectivity index (χ1n) is 6.89. The summed E-state index contributed by atoms with van der Waals surface area (Å²) in [4.78, 5) is 3.96. The number of allylic oxidation sites excluding steroid dienone is 1. The summed E-state index contributed by atoms with van der Waals surface area (Å²) in [7, 11) is 0. The molecule has 0 spiro atoms. The maximum absolute atomic E-state index is 4.14. The molecule has 3 atom stereocenters. The van der Waals surface area contributed by atoms with Crippen molar-refractivity contribution in [2.75, 3.05) is 6.54 Å². The molecule has 100 valence electrons. The fraction of sp³-hybridized carbons (Fsp3) is 0.714. The quantitative estimate of drug-likeness (QED) is 0.813. The molecule has 1 aromatic rings. The minimum Gasteiger partial charge on any atom is -0.312 e. The minimum absolute atomic E-state index is 0.425. The molecule has 0 saturated carbocycles. The third-order valence-corrected chi connectivity index (χ3v) is 3.97. The van der Waals surface area contributed by atoms with Crippen molar-refractivity contribution in [2.45, 2.75) is 46.2 Å². The first-order valence-corrected chi connectivity index (χ1v) is 6.89. The Morgan fingerprint density at radius 1 is 1.56 bits per heavy atom. The summed E-state index contributed by atoms with van der Waals surface area (Å²) in [5.41, 5.74) is 1.55. The molecule has 2 rings (SSSR count). The van der Waals surface area contributed by atoms with Crippen LogP contribution in [0.15, 0.2) is 24.3 Å². The van der Waals surface area contributed by atoms with E-state index in [9.17, 15) is 0 Å². The van der Waals surface area contributed by atoms with E-state index >= 15 is 0 Å². The molecule has 0 amide bonds. The lowest BCUT2D eigenvalue weighted by Crippen LogP contribution is -2.37. The Bertz CT molecular complexity index is 383. The van der Waals surface area contributed by atoms with Crippen LogP contribution in [-0.4, -0.2) is 27.4 Å². The van der Waals surface area contributed by atoms with E-state index in [1.807, 2.05) is 4.68 Å². The minimum atomic E-state index is 0.425. The molecule has 1 aromatic heterocycles. The second kappa shape index (κ2) is 6.14. The van der Waals surface area contributed by atoms with Gasteiger partial charge < -0.3 is 5.32 Å². The highest BCUT2D eigenvalue weighted by Gasteiger charge is 2.22. The molecule has 4 heteroatoms. The Morgan fingerprint density at radius 3 is 3.06 bits per heavy atom. The number of hydrogen-bond donors (Lipinski definition) is 1. The molecular formula is C14H24N4. The second-order valence-corrected chi connectivity index (χ2v) is 5.54. The van der Waals surface area contributed by atoms with Crippen molar-refractivity contribution in [3.63, 3.8) is 0 Å². The fourth-order valence-electron chi connectivity index (χ4n) is 2.74. The summed E-state index contributed by atoms with van der Waals surface area (Å²) in [6.07, 6.45) is 8.32. The van der Waals surface area contributed by atoms with Gasteiger partial charge in [-0.1, -0.05) is 18.6 Å². The summed E-state index contributed by atoms with van der Waals surface area (Å²) in [5, 5.41) is 7.76. The molecule has 0 fully saturated rings. The lowest BCUT2D eigenvalue weighted by atomic mass is 9.80. The fourth-order valence-corrected chi connectivity index (χ4v) is 2.74. The van der Waals surface area contributed by atoms with Crippen molar-refractivity contribution in [3.8, 4) is 0 Å². The van der Waals surface area contributed by atoms with Crippen LogP contribution in [0.1, 0.15) is 33.6 Å². The number of hydrogen-bond acceptors (Lipinski definition) is 3. The van der Waals surface area contributed by atoms with Gasteiger partial charge in [0.1, 0.15) is 12.7 Å². The second-order valence-electron chi connectivity index (χ2n) is 5.54. The zero-order chi connectivity index (χ0) is 13.0. The maximum Gasteiger partial charge on any atom is 0.137 e. The van der Waals surface area contributed by atoms with Crippen molar-refractivity contribution < 1.29 is 0 Å². The van der Waals surface area contributed by atoms with Gasteiger partial charge >= 0.3 is 0 Å². The van der Waals surface area contributed by atoms with Crippen LogP contribution in [0.25, 0.3) is 0 Å². The largest absolute Gasteiger partial charge is 0.312 e. The highest BCUT2D eigenvalue weighted by molar-refractivity contribution is 5.09. The summed E-state index contributed by atoms with van der Waals surface area (Å²) < 4.78 is 1.88. The van der Waals surface area contributed by atoms with E-state index in [1.165, 1.54) is 12.8 Å². The standard InChI is InChI=1S/C14H24N4/c1-11-5-4-6-12(2)14(11)7-16-13(3)8-18-10-15-9-17-18/h5,9-10,12-14,16H,4,6-8H2,1-3H3/t12-,13+,14-/m0/s1. The van der Waals surface area contributed by atoms with Gasteiger partial charge in [0.2, 0.25) is 0 Å². The number of nitrogens with zero attached hydrogens (tertiary/aromatic N) is 3. The van der Waals surface area contributed by atoms with Crippen LogP contribution in [0.3, 0.4) is 0 Å². The molecule has 1 aliphatic rings. The molecule has 18 heavy (non-hydrogen) atoms. The van der Waals surface area contributed by atoms with E-state index in [1.54, 1.807) is 18.2 Å². The maximum atomic E-state index is 4.14. The summed E-state index contributed by atoms with van der Waals surface area (Å²) >= 11 is 0. The van der Waals surface area contributed by atoms with Gasteiger partial charge in [-0.2, -0.15) is 5.10 Å². The van der Waals surface area contributed by atoms with Crippen molar-refractivity contribution >= 4 is 0 Å². The Labute approximate surface area is 109 Å². The Hall–Kier alpha value is -1.16. The van der Waals surface area contributed by atoms with E-state index in [4.69, 9.17) is 0 Å². The highest BCUT2D eigenvalue weighted by Crippen LogP contribution is 2.29. The van der Waals surface area contributed by atoms with Gasteiger partial charge in [0.15, 0.2) is 0 Å². The third kappa shape index (κ3) is 3.42. The van der Waals surface area contributed by atoms with Crippen LogP contribution >= 0.6 is 0 Å². The molecule has 0 aromatic carbocycles. The smallest absolute Gasteiger partial charge is 0.137 e. The molecule has 0 saturated heterocycles. The highest BCUT2D eigenvalue weighted by atomic mass is 15.3. The van der Waals surface area contributed by atoms with Crippen LogP contribution in [0.2, 0.25) is 0 Å². The van der Waals surface area contributed by atoms with E-state index < -0.39 is 0 Å². The zero-order valence-electron chi connectivity index (χ0n) is 11.6. The molecule has 4 nitrogen and oxygen atoms in total. The van der Waals surface area contributed by atoms with Gasteiger partial charge in [0, 0.05) is 12.6 Å². The van der Waals surface area contributed by atoms with Crippen LogP contribution in [0.4, 0.5) is 0 Å². The average Bonchev–Trinajstić information content (AvgIpc) is 2.81. The van der Waals surface area contributed by atoms with Gasteiger partial charge in [0.05, 0.1) is 6.54 Å². The number of nitrogens with one attached hydrogen (secondary N) is 1. The van der Waals surface area contributed by atoms with Gasteiger partial charge in [-0.05, 0) is 38.5 Å². The molecule has 0 unspecified atom stereocenters. The van der Waals surface area contributed by atoms with Crippen molar-refractivity contribution in [1.82, 2.24) is 20.1 Å². The Morgan fingerprint density at radius 2 is 2.39 bits per heavy atom. The predicted octanol–water partition coefficient (Wildman–Crippen LogP) is 2.25. The third-order valence-electron chi connectivity index (χ3n) is 3.97. The van der Waals surface area contributed by atoms with Crippen LogP contribution in [-0.2, 0) is 6.54 Å². The van der Waals surface area contributed by atoms with Crippen molar-refractivity contribution in [3.05, 3.63) is 24.3 Å². The lowest BCUT2D eigenvalue weighted by Gasteiger charge is -2.30. The monoisotopic (exact) mass is 248 g/mol. The van der Waals surface area contributed by atoms with E-state index in [0.717, 1.165) is 19.0 Å². The summed E-state index contributed by atoms with van der Waals surface area (Å²) in [6.45, 7) is 8.78. The number of rotatable bonds is 5. The van der Waals surface area contributed by atoms with E-state index in [2.05, 4.69) is 42.2 Å². The van der Waals surface area contributed by atoms with Gasteiger partial charge in [-0.3, -0.25) is 4.68 Å². The van der Waals surface area contributed by atoms with Crippen molar-refractivity contribution in [1.29, 1.82) is 0 Å². The molecule has 1 aliphatic carbocycles. The summed E-state index contributed by atoms with van der Waals surface area (Å²) in [6, 6.07) is 0.425. The molecule has 0 aliphatic heterocycles. The van der Waals surface area contributed by atoms with Gasteiger partial charge in [0.25, 0.3) is 0 Å². The van der Waals surface area contributed by atoms with Crippen LogP contribution in [0, 0.1) is 11.8 Å². The Balaban J connectivity index is 1.80. The zero-order valence-corrected chi connectivity index (χ0v) is 11.6. The van der Waals surface area contributed by atoms with E-state index in [-0.39, 0.29) is 0 Å². The van der Waals surface area contributed by atoms with E-state index in [0.29, 0.717) is 12.0 Å². The first kappa shape index (κ1) is 13.3. The lowest BCUT2D eigenvalue weighted by molar-refractivity contribution is 0.327. The Kier molecular flexibility index (Phi) is 4.53.